The van der Waals surface area contributed by atoms with E-state index in [1.165, 1.54) is 17.8 Å². The Bertz CT molecular complexity index is 961. The predicted molar refractivity (Wildman–Crippen MR) is 111 cm³/mol. The van der Waals surface area contributed by atoms with Crippen LogP contribution in [-0.2, 0) is 9.53 Å². The van der Waals surface area contributed by atoms with Crippen LogP contribution in [0, 0.1) is 6.92 Å². The number of carbonyl (C=O) groups is 1. The second kappa shape index (κ2) is 8.89. The molecule has 0 bridgehead atoms. The van der Waals surface area contributed by atoms with Gasteiger partial charge < -0.3 is 9.84 Å². The highest BCUT2D eigenvalue weighted by molar-refractivity contribution is 8.03. The molecule has 3 aromatic carbocycles. The Hall–Kier alpha value is -2.56. The van der Waals surface area contributed by atoms with Crippen molar-refractivity contribution in [2.24, 2.45) is 0 Å². The number of carbonyl (C=O) groups excluding carboxylic acids is 1. The molecule has 0 amide bonds. The van der Waals surface area contributed by atoms with Gasteiger partial charge >= 0.3 is 5.97 Å². The maximum absolute atomic E-state index is 12.0. The Labute approximate surface area is 163 Å². The van der Waals surface area contributed by atoms with E-state index in [9.17, 15) is 9.90 Å². The van der Waals surface area contributed by atoms with Crippen molar-refractivity contribution in [2.75, 3.05) is 6.61 Å². The van der Waals surface area contributed by atoms with E-state index in [0.717, 1.165) is 26.8 Å². The molecule has 4 heteroatoms. The first-order valence-electron chi connectivity index (χ1n) is 8.86. The van der Waals surface area contributed by atoms with Gasteiger partial charge in [0.25, 0.3) is 0 Å². The second-order valence-electron chi connectivity index (χ2n) is 6.22. The molecular formula is C23H22O3S. The molecule has 3 nitrogen and oxygen atoms in total. The van der Waals surface area contributed by atoms with Crippen molar-refractivity contribution >= 4 is 28.5 Å². The smallest absolute Gasteiger partial charge is 0.331 e. The van der Waals surface area contributed by atoms with Crippen LogP contribution in [0.15, 0.2) is 82.6 Å². The number of aliphatic hydroxyl groups excluding tert-OH is 1. The largest absolute Gasteiger partial charge is 0.463 e. The molecule has 3 rings (SSSR count). The monoisotopic (exact) mass is 378 g/mol. The van der Waals surface area contributed by atoms with Gasteiger partial charge in [-0.15, -0.1) is 0 Å². The number of fused-ring (bicyclic) bond motifs is 1. The van der Waals surface area contributed by atoms with Crippen LogP contribution in [0.3, 0.4) is 0 Å². The number of rotatable bonds is 6. The zero-order valence-electron chi connectivity index (χ0n) is 15.4. The van der Waals surface area contributed by atoms with Crippen LogP contribution < -0.4 is 0 Å². The molecule has 0 aromatic heterocycles. The summed E-state index contributed by atoms with van der Waals surface area (Å²) in [5.74, 6) is -0.452. The minimum absolute atomic E-state index is 0.296. The molecular weight excluding hydrogens is 356 g/mol. The number of esters is 1. The number of aliphatic hydroxyl groups is 1. The van der Waals surface area contributed by atoms with Gasteiger partial charge in [0.2, 0.25) is 0 Å². The summed E-state index contributed by atoms with van der Waals surface area (Å²) in [5.41, 5.74) is 1.86. The SMILES string of the molecule is CCOC(=O)/C=C(\Sc1ccc2ccccc2c1)C(O)c1ccc(C)cc1. The molecule has 1 atom stereocenters. The Kier molecular flexibility index (Phi) is 6.32. The molecule has 27 heavy (non-hydrogen) atoms. The van der Waals surface area contributed by atoms with Crippen molar-refractivity contribution in [3.05, 3.63) is 88.8 Å². The van der Waals surface area contributed by atoms with Crippen molar-refractivity contribution in [2.45, 2.75) is 24.8 Å². The first-order valence-corrected chi connectivity index (χ1v) is 9.68. The summed E-state index contributed by atoms with van der Waals surface area (Å²) in [4.78, 5) is 13.5. The minimum Gasteiger partial charge on any atom is -0.463 e. The fraction of sp³-hybridized carbons (Fsp3) is 0.174. The molecule has 0 spiro atoms. The molecule has 3 aromatic rings. The summed E-state index contributed by atoms with van der Waals surface area (Å²) < 4.78 is 5.05. The van der Waals surface area contributed by atoms with Crippen LogP contribution in [-0.4, -0.2) is 17.7 Å². The standard InChI is InChI=1S/C23H22O3S/c1-3-26-22(24)15-21(23(25)18-10-8-16(2)9-11-18)27-20-13-12-17-6-4-5-7-19(17)14-20/h4-15,23,25H,3H2,1-2H3/b21-15-. The van der Waals surface area contributed by atoms with Gasteiger partial charge in [0.1, 0.15) is 6.10 Å². The Morgan fingerprint density at radius 2 is 1.78 bits per heavy atom. The first kappa shape index (κ1) is 19.2. The maximum Gasteiger partial charge on any atom is 0.331 e. The molecule has 0 aliphatic heterocycles. The molecule has 1 N–H and O–H groups in total. The Morgan fingerprint density at radius 1 is 1.07 bits per heavy atom. The highest BCUT2D eigenvalue weighted by atomic mass is 32.2. The van der Waals surface area contributed by atoms with E-state index in [0.29, 0.717) is 11.5 Å². The normalized spacial score (nSPS) is 12.8. The topological polar surface area (TPSA) is 46.5 Å². The summed E-state index contributed by atoms with van der Waals surface area (Å²) >= 11 is 1.38. The summed E-state index contributed by atoms with van der Waals surface area (Å²) in [5, 5.41) is 13.1. The summed E-state index contributed by atoms with van der Waals surface area (Å²) in [7, 11) is 0. The Morgan fingerprint density at radius 3 is 2.48 bits per heavy atom. The molecule has 0 aliphatic carbocycles. The van der Waals surface area contributed by atoms with Crippen LogP contribution in [0.4, 0.5) is 0 Å². The predicted octanol–water partition coefficient (Wildman–Crippen LogP) is 5.42. The van der Waals surface area contributed by atoms with Gasteiger partial charge in [-0.25, -0.2) is 4.79 Å². The van der Waals surface area contributed by atoms with Crippen LogP contribution >= 0.6 is 11.8 Å². The molecule has 1 unspecified atom stereocenters. The summed E-state index contributed by atoms with van der Waals surface area (Å²) in [6.07, 6.45) is 0.486. The maximum atomic E-state index is 12.0. The Balaban J connectivity index is 1.93. The second-order valence-corrected chi connectivity index (χ2v) is 7.37. The van der Waals surface area contributed by atoms with Crippen molar-refractivity contribution in [1.82, 2.24) is 0 Å². The van der Waals surface area contributed by atoms with E-state index in [2.05, 4.69) is 12.1 Å². The third-order valence-electron chi connectivity index (χ3n) is 4.17. The van der Waals surface area contributed by atoms with Gasteiger partial charge in [0, 0.05) is 15.9 Å². The van der Waals surface area contributed by atoms with Crippen molar-refractivity contribution in [1.29, 1.82) is 0 Å². The lowest BCUT2D eigenvalue weighted by Crippen LogP contribution is -2.05. The molecule has 0 heterocycles. The molecule has 0 saturated carbocycles. The number of ether oxygens (including phenoxy) is 1. The molecule has 0 aliphatic rings. The van der Waals surface area contributed by atoms with Crippen LogP contribution in [0.25, 0.3) is 10.8 Å². The van der Waals surface area contributed by atoms with E-state index in [1.54, 1.807) is 6.92 Å². The number of benzene rings is 3. The molecule has 0 saturated heterocycles. The zero-order valence-corrected chi connectivity index (χ0v) is 16.2. The quantitative estimate of drug-likeness (QED) is 0.353. The molecule has 0 radical (unpaired) electrons. The van der Waals surface area contributed by atoms with Gasteiger partial charge in [-0.2, -0.15) is 0 Å². The van der Waals surface area contributed by atoms with Crippen LogP contribution in [0.1, 0.15) is 24.2 Å². The highest BCUT2D eigenvalue weighted by Crippen LogP contribution is 2.37. The van der Waals surface area contributed by atoms with Crippen molar-refractivity contribution in [3.8, 4) is 0 Å². The molecule has 0 fully saturated rings. The van der Waals surface area contributed by atoms with Crippen molar-refractivity contribution < 1.29 is 14.6 Å². The fourth-order valence-electron chi connectivity index (χ4n) is 2.74. The summed E-state index contributed by atoms with van der Waals surface area (Å²) in [6.45, 7) is 4.05. The lowest BCUT2D eigenvalue weighted by atomic mass is 10.1. The van der Waals surface area contributed by atoms with Crippen LogP contribution in [0.2, 0.25) is 0 Å². The number of hydrogen-bond donors (Lipinski definition) is 1. The molecule has 138 valence electrons. The minimum atomic E-state index is -0.897. The highest BCUT2D eigenvalue weighted by Gasteiger charge is 2.17. The van der Waals surface area contributed by atoms with E-state index in [1.807, 2.05) is 61.5 Å². The average molecular weight is 378 g/mol. The number of hydrogen-bond acceptors (Lipinski definition) is 4. The zero-order chi connectivity index (χ0) is 19.2. The summed E-state index contributed by atoms with van der Waals surface area (Å²) in [6, 6.07) is 21.8. The van der Waals surface area contributed by atoms with Gasteiger partial charge in [-0.3, -0.25) is 0 Å². The van der Waals surface area contributed by atoms with Gasteiger partial charge in [0.15, 0.2) is 0 Å². The number of thioether (sulfide) groups is 1. The van der Waals surface area contributed by atoms with E-state index in [-0.39, 0.29) is 0 Å². The van der Waals surface area contributed by atoms with Gasteiger partial charge in [-0.1, -0.05) is 71.9 Å². The lowest BCUT2D eigenvalue weighted by molar-refractivity contribution is -0.137. The van der Waals surface area contributed by atoms with Crippen LogP contribution in [0.5, 0.6) is 0 Å². The lowest BCUT2D eigenvalue weighted by Gasteiger charge is -2.16. The third-order valence-corrected chi connectivity index (χ3v) is 5.23. The first-order chi connectivity index (χ1) is 13.1. The average Bonchev–Trinajstić information content (AvgIpc) is 2.67. The fourth-order valence-corrected chi connectivity index (χ4v) is 3.74. The van der Waals surface area contributed by atoms with E-state index in [4.69, 9.17) is 4.74 Å². The van der Waals surface area contributed by atoms with E-state index < -0.39 is 12.1 Å². The number of aryl methyl sites for hydroxylation is 1. The van der Waals surface area contributed by atoms with Gasteiger partial charge in [0.05, 0.1) is 6.61 Å². The van der Waals surface area contributed by atoms with Gasteiger partial charge in [-0.05, 0) is 42.3 Å². The van der Waals surface area contributed by atoms with Crippen molar-refractivity contribution in [3.63, 3.8) is 0 Å². The van der Waals surface area contributed by atoms with E-state index >= 15 is 0 Å². The third kappa shape index (κ3) is 5.00.